The van der Waals surface area contributed by atoms with E-state index in [1.807, 2.05) is 0 Å². The molecule has 1 amide bonds. The molecule has 0 fully saturated rings. The minimum atomic E-state index is -0.948. The number of hydrogen-bond acceptors (Lipinski definition) is 2. The average Bonchev–Trinajstić information content (AvgIpc) is 2.35. The maximum absolute atomic E-state index is 13.3. The highest BCUT2D eigenvalue weighted by molar-refractivity contribution is 5.78. The van der Waals surface area contributed by atoms with Gasteiger partial charge < -0.3 is 11.1 Å². The highest BCUT2D eigenvalue weighted by Gasteiger charge is 2.10. The zero-order valence-electron chi connectivity index (χ0n) is 10.2. The number of benzene rings is 1. The summed E-state index contributed by atoms with van der Waals surface area (Å²) in [7, 11) is 0. The summed E-state index contributed by atoms with van der Waals surface area (Å²) in [6.45, 7) is 1.18. The lowest BCUT2D eigenvalue weighted by atomic mass is 10.1. The molecule has 3 N–H and O–H groups in total. The molecule has 0 aliphatic carbocycles. The summed E-state index contributed by atoms with van der Waals surface area (Å²) in [5, 5.41) is 2.67. The molecule has 0 bridgehead atoms. The molecule has 0 aliphatic rings. The molecule has 5 heteroatoms. The molecule has 0 aromatic heterocycles. The number of amides is 1. The van der Waals surface area contributed by atoms with E-state index in [1.54, 1.807) is 0 Å². The summed E-state index contributed by atoms with van der Waals surface area (Å²) in [6.07, 6.45) is 2.58. The van der Waals surface area contributed by atoms with Crippen LogP contribution in [0.1, 0.15) is 24.8 Å². The number of nitrogens with one attached hydrogen (secondary N) is 1. The normalized spacial score (nSPS) is 10.4. The van der Waals surface area contributed by atoms with Gasteiger partial charge in [0.2, 0.25) is 5.91 Å². The van der Waals surface area contributed by atoms with Gasteiger partial charge in [-0.15, -0.1) is 0 Å². The van der Waals surface area contributed by atoms with E-state index in [1.165, 1.54) is 12.1 Å². The Morgan fingerprint density at radius 3 is 2.72 bits per heavy atom. The molecule has 0 heterocycles. The van der Waals surface area contributed by atoms with Crippen molar-refractivity contribution in [1.82, 2.24) is 5.32 Å². The SMILES string of the molecule is NCCCCCNC(=O)Cc1cccc(F)c1F. The molecule has 18 heavy (non-hydrogen) atoms. The predicted octanol–water partition coefficient (Wildman–Crippen LogP) is 1.75. The Morgan fingerprint density at radius 1 is 1.22 bits per heavy atom. The van der Waals surface area contributed by atoms with Crippen molar-refractivity contribution in [1.29, 1.82) is 0 Å². The van der Waals surface area contributed by atoms with Crippen LogP contribution in [-0.4, -0.2) is 19.0 Å². The van der Waals surface area contributed by atoms with Gasteiger partial charge in [0.25, 0.3) is 0 Å². The molecular formula is C13H18F2N2O. The third-order valence-electron chi connectivity index (χ3n) is 2.59. The Hall–Kier alpha value is -1.49. The second-order valence-corrected chi connectivity index (χ2v) is 4.09. The van der Waals surface area contributed by atoms with Crippen molar-refractivity contribution >= 4 is 5.91 Å². The van der Waals surface area contributed by atoms with Crippen LogP contribution in [0.2, 0.25) is 0 Å². The first-order chi connectivity index (χ1) is 8.65. The monoisotopic (exact) mass is 256 g/mol. The maximum Gasteiger partial charge on any atom is 0.224 e. The Balaban J connectivity index is 2.34. The quantitative estimate of drug-likeness (QED) is 0.730. The molecule has 0 saturated heterocycles. The fourth-order valence-electron chi connectivity index (χ4n) is 1.59. The molecule has 0 radical (unpaired) electrons. The van der Waals surface area contributed by atoms with E-state index < -0.39 is 11.6 Å². The number of unbranched alkanes of at least 4 members (excludes halogenated alkanes) is 2. The minimum Gasteiger partial charge on any atom is -0.356 e. The van der Waals surface area contributed by atoms with Crippen LogP contribution in [-0.2, 0) is 11.2 Å². The fourth-order valence-corrected chi connectivity index (χ4v) is 1.59. The summed E-state index contributed by atoms with van der Waals surface area (Å²) in [5.41, 5.74) is 5.42. The lowest BCUT2D eigenvalue weighted by molar-refractivity contribution is -0.120. The van der Waals surface area contributed by atoms with Crippen LogP contribution in [0, 0.1) is 11.6 Å². The first-order valence-electron chi connectivity index (χ1n) is 6.05. The van der Waals surface area contributed by atoms with Crippen LogP contribution in [0.15, 0.2) is 18.2 Å². The third-order valence-corrected chi connectivity index (χ3v) is 2.59. The van der Waals surface area contributed by atoms with E-state index >= 15 is 0 Å². The van der Waals surface area contributed by atoms with E-state index in [4.69, 9.17) is 5.73 Å². The standard InChI is InChI=1S/C13H18F2N2O/c14-11-6-4-5-10(13(11)15)9-12(18)17-8-3-1-2-7-16/h4-6H,1-3,7-9,16H2,(H,17,18). The van der Waals surface area contributed by atoms with Gasteiger partial charge in [-0.1, -0.05) is 18.6 Å². The van der Waals surface area contributed by atoms with Gasteiger partial charge in [0, 0.05) is 12.1 Å². The zero-order chi connectivity index (χ0) is 13.4. The van der Waals surface area contributed by atoms with E-state index in [-0.39, 0.29) is 17.9 Å². The topological polar surface area (TPSA) is 55.1 Å². The van der Waals surface area contributed by atoms with E-state index in [9.17, 15) is 13.6 Å². The largest absolute Gasteiger partial charge is 0.356 e. The number of halogens is 2. The van der Waals surface area contributed by atoms with Crippen molar-refractivity contribution in [2.45, 2.75) is 25.7 Å². The van der Waals surface area contributed by atoms with Crippen molar-refractivity contribution in [2.24, 2.45) is 5.73 Å². The van der Waals surface area contributed by atoms with Crippen molar-refractivity contribution in [3.63, 3.8) is 0 Å². The van der Waals surface area contributed by atoms with Crippen molar-refractivity contribution in [3.05, 3.63) is 35.4 Å². The number of rotatable bonds is 7. The van der Waals surface area contributed by atoms with Crippen LogP contribution < -0.4 is 11.1 Å². The van der Waals surface area contributed by atoms with Crippen molar-refractivity contribution < 1.29 is 13.6 Å². The molecular weight excluding hydrogens is 238 g/mol. The van der Waals surface area contributed by atoms with Crippen LogP contribution in [0.5, 0.6) is 0 Å². The van der Waals surface area contributed by atoms with Gasteiger partial charge in [0.15, 0.2) is 11.6 Å². The summed E-state index contributed by atoms with van der Waals surface area (Å²) >= 11 is 0. The van der Waals surface area contributed by atoms with Crippen LogP contribution in [0.4, 0.5) is 8.78 Å². The molecule has 0 unspecified atom stereocenters. The van der Waals surface area contributed by atoms with Gasteiger partial charge in [0.1, 0.15) is 0 Å². The second kappa shape index (κ2) is 7.76. The summed E-state index contributed by atoms with van der Waals surface area (Å²) < 4.78 is 26.2. The van der Waals surface area contributed by atoms with Gasteiger partial charge in [-0.2, -0.15) is 0 Å². The van der Waals surface area contributed by atoms with Crippen LogP contribution in [0.25, 0.3) is 0 Å². The van der Waals surface area contributed by atoms with Crippen LogP contribution >= 0.6 is 0 Å². The fraction of sp³-hybridized carbons (Fsp3) is 0.462. The third kappa shape index (κ3) is 4.79. The highest BCUT2D eigenvalue weighted by atomic mass is 19.2. The Bertz CT molecular complexity index is 397. The molecule has 100 valence electrons. The average molecular weight is 256 g/mol. The van der Waals surface area contributed by atoms with Gasteiger partial charge in [-0.05, 0) is 25.5 Å². The summed E-state index contributed by atoms with van der Waals surface area (Å²) in [6, 6.07) is 3.83. The Morgan fingerprint density at radius 2 is 2.00 bits per heavy atom. The predicted molar refractivity (Wildman–Crippen MR) is 66.0 cm³/mol. The Labute approximate surface area is 105 Å². The molecule has 0 aliphatic heterocycles. The molecule has 0 atom stereocenters. The lowest BCUT2D eigenvalue weighted by Crippen LogP contribution is -2.26. The molecule has 1 aromatic rings. The maximum atomic E-state index is 13.3. The summed E-state index contributed by atoms with van der Waals surface area (Å²) in [5.74, 6) is -2.17. The zero-order valence-corrected chi connectivity index (χ0v) is 10.2. The number of hydrogen-bond donors (Lipinski definition) is 2. The van der Waals surface area contributed by atoms with Crippen molar-refractivity contribution in [2.75, 3.05) is 13.1 Å². The molecule has 0 spiro atoms. The number of carbonyl (C=O) groups is 1. The number of carbonyl (C=O) groups excluding carboxylic acids is 1. The second-order valence-electron chi connectivity index (χ2n) is 4.09. The summed E-state index contributed by atoms with van der Waals surface area (Å²) in [4.78, 5) is 11.5. The van der Waals surface area contributed by atoms with Crippen molar-refractivity contribution in [3.8, 4) is 0 Å². The number of nitrogens with two attached hydrogens (primary N) is 1. The molecule has 3 nitrogen and oxygen atoms in total. The molecule has 1 aromatic carbocycles. The molecule has 0 saturated carbocycles. The Kier molecular flexibility index (Phi) is 6.28. The van der Waals surface area contributed by atoms with Gasteiger partial charge in [-0.25, -0.2) is 8.78 Å². The van der Waals surface area contributed by atoms with Crippen LogP contribution in [0.3, 0.4) is 0 Å². The first kappa shape index (κ1) is 14.6. The smallest absolute Gasteiger partial charge is 0.224 e. The van der Waals surface area contributed by atoms with E-state index in [2.05, 4.69) is 5.32 Å². The van der Waals surface area contributed by atoms with E-state index in [0.29, 0.717) is 13.1 Å². The van der Waals surface area contributed by atoms with Gasteiger partial charge in [0.05, 0.1) is 6.42 Å². The molecule has 1 rings (SSSR count). The highest BCUT2D eigenvalue weighted by Crippen LogP contribution is 2.11. The first-order valence-corrected chi connectivity index (χ1v) is 6.05. The van der Waals surface area contributed by atoms with Gasteiger partial charge >= 0.3 is 0 Å². The van der Waals surface area contributed by atoms with Gasteiger partial charge in [-0.3, -0.25) is 4.79 Å². The minimum absolute atomic E-state index is 0.0782. The van der Waals surface area contributed by atoms with E-state index in [0.717, 1.165) is 25.3 Å². The lowest BCUT2D eigenvalue weighted by Gasteiger charge is -2.06.